The van der Waals surface area contributed by atoms with E-state index in [4.69, 9.17) is 28.4 Å². The normalized spacial score (nSPS) is 18.0. The first-order valence-electron chi connectivity index (χ1n) is 28.3. The monoisotopic (exact) mass is 1350 g/mol. The molecule has 0 N–H and O–H groups in total. The molecule has 3 aliphatic rings. The summed E-state index contributed by atoms with van der Waals surface area (Å²) in [6.45, 7) is 9.45. The Balaban J connectivity index is 1.26. The third-order valence-corrected chi connectivity index (χ3v) is 19.7. The second kappa shape index (κ2) is 29.4. The molecule has 3 aliphatic heterocycles. The molecule has 2 amide bonds. The fraction of sp³-hybridized carbons (Fsp3) is 0.483. The van der Waals surface area contributed by atoms with Crippen LogP contribution in [0, 0.1) is 0 Å². The molecule has 90 heavy (non-hydrogen) atoms. The Morgan fingerprint density at radius 1 is 0.611 bits per heavy atom. The van der Waals surface area contributed by atoms with E-state index in [-0.39, 0.29) is 112 Å². The van der Waals surface area contributed by atoms with Crippen molar-refractivity contribution < 1.29 is 112 Å². The molecule has 1 saturated heterocycles. The Bertz CT molecular complexity index is 4130. The van der Waals surface area contributed by atoms with Gasteiger partial charge < -0.3 is 56.1 Å². The van der Waals surface area contributed by atoms with Gasteiger partial charge in [-0.15, -0.1) is 0 Å². The summed E-state index contributed by atoms with van der Waals surface area (Å²) in [6.07, 6.45) is 6.12. The molecule has 4 aromatic rings. The van der Waals surface area contributed by atoms with Crippen LogP contribution in [0.5, 0.6) is 0 Å². The lowest BCUT2D eigenvalue weighted by Crippen LogP contribution is -2.34. The summed E-state index contributed by atoms with van der Waals surface area (Å²) >= 11 is 0. The van der Waals surface area contributed by atoms with Crippen LogP contribution in [0.2, 0.25) is 0 Å². The fourth-order valence-corrected chi connectivity index (χ4v) is 14.6. The van der Waals surface area contributed by atoms with Gasteiger partial charge in [0.15, 0.2) is 11.5 Å². The number of imide groups is 1. The quantitative estimate of drug-likeness (QED) is 0.0208. The third kappa shape index (κ3) is 17.5. The van der Waals surface area contributed by atoms with E-state index >= 15 is 0 Å². The van der Waals surface area contributed by atoms with Gasteiger partial charge in [-0.2, -0.15) is 4.58 Å². The molecule has 32 heteroatoms. The number of ketones is 1. The van der Waals surface area contributed by atoms with Crippen molar-refractivity contribution in [2.45, 2.75) is 96.6 Å². The summed E-state index contributed by atoms with van der Waals surface area (Å²) in [6, 6.07) is 8.44. The number of carbonyl (C=O) groups excluding carboxylic acids is 3. The largest absolute Gasteiger partial charge is 0.748 e. The molecule has 1 fully saturated rings. The molecule has 27 nitrogen and oxygen atoms in total. The average Bonchev–Trinajstić information content (AvgIpc) is 1.51. The minimum absolute atomic E-state index is 0.0143. The number of carbonyl (C=O) groups is 3. The molecule has 494 valence electrons. The molecule has 0 radical (unpaired) electrons. The van der Waals surface area contributed by atoms with Crippen molar-refractivity contribution in [2.75, 3.05) is 110 Å². The predicted octanol–water partition coefficient (Wildman–Crippen LogP) is 3.70. The first-order chi connectivity index (χ1) is 42.1. The Morgan fingerprint density at radius 3 is 1.59 bits per heavy atom. The zero-order valence-electron chi connectivity index (χ0n) is 50.0. The predicted molar refractivity (Wildman–Crippen MR) is 318 cm³/mol. The molecule has 4 aromatic carbocycles. The lowest BCUT2D eigenvalue weighted by atomic mass is 9.75. The zero-order chi connectivity index (χ0) is 66.2. The number of Topliss-reactive ketones (excluding diaryl/α,β-unsaturated/α-hetero) is 1. The average molecular weight is 1350 g/mol. The number of rotatable bonds is 35. The molecular weight excluding hydrogens is 1280 g/mol. The van der Waals surface area contributed by atoms with Crippen LogP contribution >= 0.6 is 0 Å². The second-order valence-electron chi connectivity index (χ2n) is 22.1. The van der Waals surface area contributed by atoms with Crippen LogP contribution in [0.4, 0.5) is 11.4 Å². The summed E-state index contributed by atoms with van der Waals surface area (Å²) in [7, 11) is -24.9. The van der Waals surface area contributed by atoms with Crippen LogP contribution in [-0.4, -0.2) is 203 Å². The lowest BCUT2D eigenvalue weighted by molar-refractivity contribution is -0.438. The topological polar surface area (TPSA) is 402 Å². The summed E-state index contributed by atoms with van der Waals surface area (Å²) in [5.41, 5.74) is -0.200. The van der Waals surface area contributed by atoms with Gasteiger partial charge in [-0.25, -0.2) is 42.1 Å². The Kier molecular flexibility index (Phi) is 23.4. The number of hydrogen-bond acceptors (Lipinski definition) is 25. The Morgan fingerprint density at radius 2 is 1.10 bits per heavy atom. The Hall–Kier alpha value is -5.79. The highest BCUT2D eigenvalue weighted by Gasteiger charge is 2.47. The second-order valence-corrected chi connectivity index (χ2v) is 29.1. The number of methoxy groups -OCH3 is 1. The summed E-state index contributed by atoms with van der Waals surface area (Å²) in [5, 5.41) is -0.633. The number of nitrogens with zero attached hydrogens (tertiary/aromatic N) is 3. The molecule has 0 saturated carbocycles. The zero-order valence-corrected chi connectivity index (χ0v) is 54.0. The van der Waals surface area contributed by atoms with Crippen molar-refractivity contribution in [1.29, 1.82) is 0 Å². The van der Waals surface area contributed by atoms with Gasteiger partial charge in [0, 0.05) is 85.0 Å². The molecule has 7 rings (SSSR count). The maximum atomic E-state index is 13.2. The highest BCUT2D eigenvalue weighted by atomic mass is 32.2. The van der Waals surface area contributed by atoms with Crippen molar-refractivity contribution in [3.63, 3.8) is 0 Å². The molecule has 1 unspecified atom stereocenters. The van der Waals surface area contributed by atoms with Crippen LogP contribution in [0.15, 0.2) is 104 Å². The van der Waals surface area contributed by atoms with Crippen LogP contribution in [0.25, 0.3) is 21.5 Å². The van der Waals surface area contributed by atoms with Gasteiger partial charge in [0.25, 0.3) is 0 Å². The maximum absolute atomic E-state index is 13.2. The number of amides is 2. The van der Waals surface area contributed by atoms with E-state index < -0.39 is 111 Å². The number of fused-ring (bicyclic) bond motifs is 6. The fourth-order valence-electron chi connectivity index (χ4n) is 11.4. The lowest BCUT2D eigenvalue weighted by Gasteiger charge is -2.31. The molecule has 3 heterocycles. The van der Waals surface area contributed by atoms with E-state index in [1.807, 2.05) is 0 Å². The van der Waals surface area contributed by atoms with Gasteiger partial charge in [-0.05, 0) is 105 Å². The molecular formula is C58H69N3O24S5-4. The first kappa shape index (κ1) is 71.6. The summed E-state index contributed by atoms with van der Waals surface area (Å²) < 4.78 is 223. The van der Waals surface area contributed by atoms with Gasteiger partial charge in [-0.3, -0.25) is 19.3 Å². The van der Waals surface area contributed by atoms with Crippen molar-refractivity contribution in [1.82, 2.24) is 4.90 Å². The number of benzene rings is 4. The third-order valence-electron chi connectivity index (χ3n) is 15.5. The number of ether oxygens (including phenoxy) is 6. The van der Waals surface area contributed by atoms with Crippen LogP contribution < -0.4 is 4.90 Å². The van der Waals surface area contributed by atoms with Gasteiger partial charge in [0.2, 0.25) is 17.5 Å². The van der Waals surface area contributed by atoms with Gasteiger partial charge in [0.05, 0.1) is 114 Å². The number of hydrogen-bond donors (Lipinski definition) is 0. The van der Waals surface area contributed by atoms with Crippen molar-refractivity contribution in [2.24, 2.45) is 0 Å². The van der Waals surface area contributed by atoms with Gasteiger partial charge >= 0.3 is 0 Å². The molecule has 0 bridgehead atoms. The molecule has 1 atom stereocenters. The summed E-state index contributed by atoms with van der Waals surface area (Å²) in [5.74, 6) is -2.25. The van der Waals surface area contributed by atoms with Gasteiger partial charge in [0.1, 0.15) is 47.0 Å². The van der Waals surface area contributed by atoms with E-state index in [1.54, 1.807) is 68.6 Å². The van der Waals surface area contributed by atoms with Crippen molar-refractivity contribution in [3.8, 4) is 0 Å². The van der Waals surface area contributed by atoms with E-state index in [2.05, 4.69) is 0 Å². The number of anilines is 1. The first-order valence-corrected chi connectivity index (χ1v) is 35.5. The van der Waals surface area contributed by atoms with E-state index in [1.165, 1.54) is 24.3 Å². The minimum atomic E-state index is -5.47. The van der Waals surface area contributed by atoms with E-state index in [0.29, 0.717) is 85.7 Å². The molecule has 0 spiro atoms. The highest BCUT2D eigenvalue weighted by Crippen LogP contribution is 2.54. The van der Waals surface area contributed by atoms with E-state index in [0.717, 1.165) is 17.0 Å². The van der Waals surface area contributed by atoms with Gasteiger partial charge in [-0.1, -0.05) is 23.8 Å². The van der Waals surface area contributed by atoms with Crippen molar-refractivity contribution in [3.05, 3.63) is 95.2 Å². The van der Waals surface area contributed by atoms with Crippen LogP contribution in [0.1, 0.15) is 77.3 Å². The molecule has 0 aromatic heterocycles. The maximum Gasteiger partial charge on any atom is 0.230 e. The van der Waals surface area contributed by atoms with E-state index in [9.17, 15) is 79.2 Å². The Labute approximate surface area is 523 Å². The standard InChI is InChI=1S/C58H73N3O24S5/c1-39(9-15-51-57(2,3)55-45-34-41(87(68,69)70)36-49(89(74,75)76)43(45)11-13-47(55)59(51)20-6-8-40(62)38-61-53(63)17-18-54(61)64)10-16-52-58(4,19-7-33-86(65,66)67)56-46-35-42(88(71,72)73)37-50(90(77,78)79)44(46)12-14-48(56)60(52)21-22-81-25-26-83-29-30-85-32-31-84-28-27-82-24-23-80-5/h9-16,34-37H,6-8,17-33,38H2,1-5H3,(H4-,65,66,67,68,69,70,71,72,73,74,75,76,77,78,79)/p-4. The SMILES string of the molecule is COCCOCCOCCOCCOCCOCCN1C(=CC=C(C)C=CC2=[N+](CCCC(=O)CN3C(=O)CCC3=O)c3ccc4c(S(=O)(=O)[O-])cc(S(=O)(=O)[O-])cc4c3C2(C)C)C(C)(CCCS(=O)(=O)[O-])c2c1ccc1c(S(=O)(=O)[O-])cc(S(=O)(=O)[O-])cc21. The van der Waals surface area contributed by atoms with Crippen LogP contribution in [0.3, 0.4) is 0 Å². The smallest absolute Gasteiger partial charge is 0.230 e. The molecule has 0 aliphatic carbocycles. The summed E-state index contributed by atoms with van der Waals surface area (Å²) in [4.78, 5) is 36.6. The number of likely N-dealkylation sites (tertiary alicyclic amines) is 1. The van der Waals surface area contributed by atoms with Crippen molar-refractivity contribution >= 4 is 107 Å². The highest BCUT2D eigenvalue weighted by molar-refractivity contribution is 7.87. The van der Waals surface area contributed by atoms with Crippen LogP contribution in [-0.2, 0) is 104 Å². The minimum Gasteiger partial charge on any atom is -0.748 e. The number of allylic oxidation sites excluding steroid dienone is 6.